The summed E-state index contributed by atoms with van der Waals surface area (Å²) < 4.78 is 10.7. The molecule has 200 valence electrons. The first-order valence-corrected chi connectivity index (χ1v) is 12.9. The van der Waals surface area contributed by atoms with E-state index in [1.165, 1.54) is 31.4 Å². The standard InChI is InChI=1S/C27H27Cl2N3O6/c1-15-23(27(36)37-2)20(26(35)32(15)17-6-4-3-5-7-17)13-18-9-10-19(38-18)14-30-24(33)25(34)31-16-8-11-21(28)22(29)12-16/h8-13,17H,3-7,14H2,1-2H3,(H,30,33)(H,31,34)/b20-13+. The van der Waals surface area contributed by atoms with Gasteiger partial charge in [-0.15, -0.1) is 0 Å². The lowest BCUT2D eigenvalue weighted by Gasteiger charge is -2.32. The second-order valence-electron chi connectivity index (χ2n) is 9.05. The molecule has 0 bridgehead atoms. The van der Waals surface area contributed by atoms with Gasteiger partial charge in [-0.25, -0.2) is 4.79 Å². The predicted molar refractivity (Wildman–Crippen MR) is 142 cm³/mol. The minimum atomic E-state index is -0.889. The molecular weight excluding hydrogens is 533 g/mol. The summed E-state index contributed by atoms with van der Waals surface area (Å²) in [6, 6.07) is 7.71. The minimum absolute atomic E-state index is 0.0409. The zero-order valence-electron chi connectivity index (χ0n) is 20.9. The van der Waals surface area contributed by atoms with Gasteiger partial charge in [0.15, 0.2) is 0 Å². The molecule has 1 aliphatic heterocycles. The monoisotopic (exact) mass is 559 g/mol. The number of amides is 3. The van der Waals surface area contributed by atoms with Crippen molar-refractivity contribution in [3.05, 3.63) is 68.7 Å². The highest BCUT2D eigenvalue weighted by Crippen LogP contribution is 2.37. The van der Waals surface area contributed by atoms with Crippen LogP contribution < -0.4 is 10.6 Å². The number of anilines is 1. The summed E-state index contributed by atoms with van der Waals surface area (Å²) in [6.45, 7) is 1.68. The number of carbonyl (C=O) groups excluding carboxylic acids is 4. The smallest absolute Gasteiger partial charge is 0.340 e. The number of methoxy groups -OCH3 is 1. The van der Waals surface area contributed by atoms with E-state index in [-0.39, 0.29) is 34.7 Å². The highest BCUT2D eigenvalue weighted by atomic mass is 35.5. The van der Waals surface area contributed by atoms with E-state index in [1.807, 2.05) is 0 Å². The average Bonchev–Trinajstić information content (AvgIpc) is 3.46. The van der Waals surface area contributed by atoms with E-state index in [1.54, 1.807) is 24.0 Å². The Kier molecular flexibility index (Phi) is 8.58. The van der Waals surface area contributed by atoms with Crippen molar-refractivity contribution in [1.82, 2.24) is 10.2 Å². The van der Waals surface area contributed by atoms with Crippen LogP contribution in [0.5, 0.6) is 0 Å². The Bertz CT molecular complexity index is 1340. The lowest BCUT2D eigenvalue weighted by atomic mass is 9.94. The van der Waals surface area contributed by atoms with E-state index < -0.39 is 17.8 Å². The van der Waals surface area contributed by atoms with Crippen molar-refractivity contribution in [2.75, 3.05) is 12.4 Å². The van der Waals surface area contributed by atoms with Crippen LogP contribution in [-0.2, 0) is 30.5 Å². The van der Waals surface area contributed by atoms with Crippen LogP contribution >= 0.6 is 23.2 Å². The molecule has 1 aromatic heterocycles. The first kappa shape index (κ1) is 27.5. The fraction of sp³-hybridized carbons (Fsp3) is 0.333. The second-order valence-corrected chi connectivity index (χ2v) is 9.86. The number of ether oxygens (including phenoxy) is 1. The maximum atomic E-state index is 13.4. The highest BCUT2D eigenvalue weighted by Gasteiger charge is 2.40. The summed E-state index contributed by atoms with van der Waals surface area (Å²) in [5.41, 5.74) is 1.31. The number of carbonyl (C=O) groups is 4. The molecule has 2 aromatic rings. The Hall–Kier alpha value is -3.56. The van der Waals surface area contributed by atoms with Crippen LogP contribution in [0.15, 0.2) is 51.6 Å². The summed E-state index contributed by atoms with van der Waals surface area (Å²) >= 11 is 11.8. The third-order valence-corrected chi connectivity index (χ3v) is 7.29. The van der Waals surface area contributed by atoms with Crippen LogP contribution in [0.1, 0.15) is 50.5 Å². The fourth-order valence-corrected chi connectivity index (χ4v) is 4.99. The van der Waals surface area contributed by atoms with Gasteiger partial charge < -0.3 is 24.7 Å². The van der Waals surface area contributed by atoms with E-state index >= 15 is 0 Å². The van der Waals surface area contributed by atoms with Crippen molar-refractivity contribution in [3.8, 4) is 0 Å². The molecule has 11 heteroatoms. The number of rotatable bonds is 6. The number of halogens is 2. The lowest BCUT2D eigenvalue weighted by Crippen LogP contribution is -2.37. The number of allylic oxidation sites excluding steroid dienone is 1. The van der Waals surface area contributed by atoms with Crippen LogP contribution in [0.3, 0.4) is 0 Å². The van der Waals surface area contributed by atoms with Gasteiger partial charge in [-0.1, -0.05) is 42.5 Å². The third-order valence-electron chi connectivity index (χ3n) is 6.55. The van der Waals surface area contributed by atoms with Crippen molar-refractivity contribution in [3.63, 3.8) is 0 Å². The molecule has 9 nitrogen and oxygen atoms in total. The van der Waals surface area contributed by atoms with Gasteiger partial charge in [-0.3, -0.25) is 14.4 Å². The van der Waals surface area contributed by atoms with Crippen molar-refractivity contribution in [2.45, 2.75) is 51.6 Å². The Balaban J connectivity index is 1.44. The van der Waals surface area contributed by atoms with E-state index in [0.717, 1.165) is 32.1 Å². The molecule has 0 unspecified atom stereocenters. The number of esters is 1. The van der Waals surface area contributed by atoms with Gasteiger partial charge in [0, 0.05) is 17.4 Å². The summed E-state index contributed by atoms with van der Waals surface area (Å²) in [4.78, 5) is 52.1. The molecule has 2 N–H and O–H groups in total. The first-order chi connectivity index (χ1) is 18.2. The second kappa shape index (κ2) is 11.9. The summed E-state index contributed by atoms with van der Waals surface area (Å²) in [5.74, 6) is -1.96. The highest BCUT2D eigenvalue weighted by molar-refractivity contribution is 6.43. The first-order valence-electron chi connectivity index (χ1n) is 12.2. The van der Waals surface area contributed by atoms with E-state index in [9.17, 15) is 19.2 Å². The summed E-state index contributed by atoms with van der Waals surface area (Å²) in [5, 5.41) is 5.47. The molecule has 0 radical (unpaired) electrons. The number of furan rings is 1. The molecule has 3 amide bonds. The molecule has 0 spiro atoms. The van der Waals surface area contributed by atoms with Crippen molar-refractivity contribution in [1.29, 1.82) is 0 Å². The average molecular weight is 560 g/mol. The number of hydrogen-bond acceptors (Lipinski definition) is 6. The zero-order valence-corrected chi connectivity index (χ0v) is 22.4. The largest absolute Gasteiger partial charge is 0.465 e. The molecule has 4 rings (SSSR count). The van der Waals surface area contributed by atoms with Gasteiger partial charge in [-0.05, 0) is 56.2 Å². The molecular formula is C27H27Cl2N3O6. The predicted octanol–water partition coefficient (Wildman–Crippen LogP) is 4.85. The molecule has 1 saturated carbocycles. The number of hydrogen-bond donors (Lipinski definition) is 2. The topological polar surface area (TPSA) is 118 Å². The normalized spacial score (nSPS) is 17.2. The lowest BCUT2D eigenvalue weighted by molar-refractivity contribution is -0.136. The van der Waals surface area contributed by atoms with Crippen molar-refractivity contribution in [2.24, 2.45) is 0 Å². The molecule has 1 aliphatic carbocycles. The number of benzene rings is 1. The maximum Gasteiger partial charge on any atom is 0.340 e. The van der Waals surface area contributed by atoms with E-state index in [4.69, 9.17) is 32.4 Å². The van der Waals surface area contributed by atoms with E-state index in [0.29, 0.717) is 27.9 Å². The summed E-state index contributed by atoms with van der Waals surface area (Å²) in [7, 11) is 1.28. The number of nitrogens with zero attached hydrogens (tertiary/aromatic N) is 1. The van der Waals surface area contributed by atoms with Crippen LogP contribution in [0.2, 0.25) is 10.0 Å². The quantitative estimate of drug-likeness (QED) is 0.297. The maximum absolute atomic E-state index is 13.4. The van der Waals surface area contributed by atoms with Gasteiger partial charge >= 0.3 is 17.8 Å². The van der Waals surface area contributed by atoms with Crippen molar-refractivity contribution >= 4 is 58.7 Å². The Labute approximate surface area is 229 Å². The van der Waals surface area contributed by atoms with Crippen LogP contribution in [0.25, 0.3) is 6.08 Å². The Morgan fingerprint density at radius 2 is 1.82 bits per heavy atom. The van der Waals surface area contributed by atoms with Gasteiger partial charge in [-0.2, -0.15) is 0 Å². The summed E-state index contributed by atoms with van der Waals surface area (Å²) in [6.07, 6.45) is 6.47. The zero-order chi connectivity index (χ0) is 27.4. The minimum Gasteiger partial charge on any atom is -0.465 e. The molecule has 0 saturated heterocycles. The van der Waals surface area contributed by atoms with Gasteiger partial charge in [0.05, 0.1) is 34.8 Å². The molecule has 1 fully saturated rings. The Morgan fingerprint density at radius 3 is 2.50 bits per heavy atom. The molecule has 1 aromatic carbocycles. The fourth-order valence-electron chi connectivity index (χ4n) is 4.70. The van der Waals surface area contributed by atoms with Gasteiger partial charge in [0.1, 0.15) is 11.5 Å². The SMILES string of the molecule is COC(=O)C1=C(C)N(C2CCCCC2)C(=O)/C1=C/c1ccc(CNC(=O)C(=O)Nc2ccc(Cl)c(Cl)c2)o1. The molecule has 38 heavy (non-hydrogen) atoms. The van der Waals surface area contributed by atoms with Crippen LogP contribution in [-0.4, -0.2) is 41.7 Å². The third kappa shape index (κ3) is 5.95. The van der Waals surface area contributed by atoms with E-state index in [2.05, 4.69) is 10.6 Å². The van der Waals surface area contributed by atoms with Crippen LogP contribution in [0.4, 0.5) is 5.69 Å². The molecule has 2 aliphatic rings. The van der Waals surface area contributed by atoms with Gasteiger partial charge in [0.25, 0.3) is 5.91 Å². The Morgan fingerprint density at radius 1 is 1.08 bits per heavy atom. The van der Waals surface area contributed by atoms with Crippen LogP contribution in [0, 0.1) is 0 Å². The van der Waals surface area contributed by atoms with Gasteiger partial charge in [0.2, 0.25) is 0 Å². The molecule has 0 atom stereocenters. The van der Waals surface area contributed by atoms with Crippen molar-refractivity contribution < 1.29 is 28.3 Å². The molecule has 2 heterocycles. The number of nitrogens with one attached hydrogen (secondary N) is 2.